The largest absolute Gasteiger partial charge is 0.305 e. The molecule has 2 heterocycles. The molecule has 0 aliphatic rings. The molecule has 0 amide bonds. The number of nitrogens with one attached hydrogen (secondary N) is 1. The SMILES string of the molecule is C[C@H](NCc1cc(=O)n2cc(Br)ccc2n1)c1cccc2ccccc12. The Morgan fingerprint density at radius 3 is 2.81 bits per heavy atom. The third-order valence-electron chi connectivity index (χ3n) is 4.56. The quantitative estimate of drug-likeness (QED) is 0.543. The van der Waals surface area contributed by atoms with Crippen LogP contribution in [-0.2, 0) is 6.54 Å². The van der Waals surface area contributed by atoms with E-state index in [0.717, 1.165) is 10.2 Å². The second-order valence-corrected chi connectivity index (χ2v) is 7.25. The Balaban J connectivity index is 1.59. The van der Waals surface area contributed by atoms with Gasteiger partial charge in [0, 0.05) is 29.3 Å². The molecule has 1 N–H and O–H groups in total. The van der Waals surface area contributed by atoms with Crippen LogP contribution in [0.1, 0.15) is 24.2 Å². The third kappa shape index (κ3) is 3.28. The predicted molar refractivity (Wildman–Crippen MR) is 108 cm³/mol. The van der Waals surface area contributed by atoms with Gasteiger partial charge in [0.25, 0.3) is 5.56 Å². The Morgan fingerprint density at radius 1 is 1.12 bits per heavy atom. The van der Waals surface area contributed by atoms with E-state index in [9.17, 15) is 4.79 Å². The molecule has 1 atom stereocenters. The summed E-state index contributed by atoms with van der Waals surface area (Å²) in [4.78, 5) is 16.9. The second-order valence-electron chi connectivity index (χ2n) is 6.33. The first-order chi connectivity index (χ1) is 12.6. The van der Waals surface area contributed by atoms with Gasteiger partial charge in [-0.05, 0) is 51.3 Å². The molecule has 4 aromatic rings. The maximum atomic E-state index is 12.3. The molecular weight excluding hydrogens is 390 g/mol. The number of aromatic nitrogens is 2. The Kier molecular flexibility index (Phi) is 4.57. The Morgan fingerprint density at radius 2 is 1.92 bits per heavy atom. The zero-order valence-corrected chi connectivity index (χ0v) is 15.9. The minimum Gasteiger partial charge on any atom is -0.305 e. The summed E-state index contributed by atoms with van der Waals surface area (Å²) in [5, 5.41) is 5.96. The van der Waals surface area contributed by atoms with Crippen LogP contribution in [0.2, 0.25) is 0 Å². The van der Waals surface area contributed by atoms with Crippen LogP contribution in [0.3, 0.4) is 0 Å². The molecule has 0 spiro atoms. The van der Waals surface area contributed by atoms with E-state index < -0.39 is 0 Å². The van der Waals surface area contributed by atoms with Crippen LogP contribution in [0.15, 0.2) is 76.1 Å². The van der Waals surface area contributed by atoms with E-state index in [1.807, 2.05) is 12.1 Å². The van der Waals surface area contributed by atoms with Crippen molar-refractivity contribution in [3.63, 3.8) is 0 Å². The van der Waals surface area contributed by atoms with Crippen molar-refractivity contribution in [3.05, 3.63) is 92.9 Å². The van der Waals surface area contributed by atoms with Crippen molar-refractivity contribution >= 4 is 32.3 Å². The van der Waals surface area contributed by atoms with Gasteiger partial charge in [-0.1, -0.05) is 42.5 Å². The number of pyridine rings is 1. The van der Waals surface area contributed by atoms with Gasteiger partial charge in [-0.3, -0.25) is 9.20 Å². The zero-order valence-electron chi connectivity index (χ0n) is 14.3. The number of rotatable bonds is 4. The summed E-state index contributed by atoms with van der Waals surface area (Å²) < 4.78 is 2.39. The normalized spacial score (nSPS) is 12.5. The van der Waals surface area contributed by atoms with Crippen LogP contribution in [-0.4, -0.2) is 9.38 Å². The lowest BCUT2D eigenvalue weighted by atomic mass is 10.00. The first-order valence-electron chi connectivity index (χ1n) is 8.51. The molecule has 2 aromatic carbocycles. The molecule has 0 saturated carbocycles. The Bertz CT molecular complexity index is 1150. The molecule has 0 aliphatic heterocycles. The third-order valence-corrected chi connectivity index (χ3v) is 5.02. The van der Waals surface area contributed by atoms with Crippen LogP contribution < -0.4 is 10.9 Å². The van der Waals surface area contributed by atoms with Crippen LogP contribution in [0.25, 0.3) is 16.4 Å². The van der Waals surface area contributed by atoms with Crippen LogP contribution >= 0.6 is 15.9 Å². The highest BCUT2D eigenvalue weighted by Gasteiger charge is 2.10. The van der Waals surface area contributed by atoms with E-state index in [-0.39, 0.29) is 11.6 Å². The van der Waals surface area contributed by atoms with Gasteiger partial charge in [0.15, 0.2) is 0 Å². The van der Waals surface area contributed by atoms with Gasteiger partial charge < -0.3 is 5.32 Å². The summed E-state index contributed by atoms with van der Waals surface area (Å²) >= 11 is 3.38. The molecule has 0 radical (unpaired) electrons. The van der Waals surface area contributed by atoms with Crippen molar-refractivity contribution in [2.45, 2.75) is 19.5 Å². The van der Waals surface area contributed by atoms with Crippen molar-refractivity contribution in [1.29, 1.82) is 0 Å². The molecule has 4 rings (SSSR count). The van der Waals surface area contributed by atoms with Gasteiger partial charge in [-0.15, -0.1) is 0 Å². The van der Waals surface area contributed by atoms with Gasteiger partial charge in [0.05, 0.1) is 5.69 Å². The van der Waals surface area contributed by atoms with Gasteiger partial charge >= 0.3 is 0 Å². The lowest BCUT2D eigenvalue weighted by molar-refractivity contribution is 0.570. The first kappa shape index (κ1) is 16.9. The number of hydrogen-bond acceptors (Lipinski definition) is 3. The standard InChI is InChI=1S/C21H18BrN3O/c1-14(18-8-4-6-15-5-2-3-7-19(15)18)23-12-17-11-21(26)25-13-16(22)9-10-20(25)24-17/h2-11,13-14,23H,12H2,1H3/t14-/m0/s1. The molecule has 0 saturated heterocycles. The lowest BCUT2D eigenvalue weighted by Crippen LogP contribution is -2.22. The molecule has 0 unspecified atom stereocenters. The van der Waals surface area contributed by atoms with E-state index in [2.05, 4.69) is 75.6 Å². The van der Waals surface area contributed by atoms with Crippen LogP contribution in [0.5, 0.6) is 0 Å². The molecule has 5 heteroatoms. The van der Waals surface area contributed by atoms with E-state index in [1.54, 1.807) is 16.7 Å². The molecule has 130 valence electrons. The van der Waals surface area contributed by atoms with E-state index in [4.69, 9.17) is 0 Å². The minimum absolute atomic E-state index is 0.0779. The topological polar surface area (TPSA) is 46.4 Å². The van der Waals surface area contributed by atoms with Crippen molar-refractivity contribution in [2.75, 3.05) is 0 Å². The van der Waals surface area contributed by atoms with Gasteiger partial charge in [0.2, 0.25) is 0 Å². The van der Waals surface area contributed by atoms with Crippen molar-refractivity contribution < 1.29 is 0 Å². The molecule has 0 fully saturated rings. The van der Waals surface area contributed by atoms with Gasteiger partial charge in [0.1, 0.15) is 5.65 Å². The number of fused-ring (bicyclic) bond motifs is 2. The van der Waals surface area contributed by atoms with E-state index in [1.165, 1.54) is 16.3 Å². The minimum atomic E-state index is -0.0779. The maximum absolute atomic E-state index is 12.3. The number of benzene rings is 2. The van der Waals surface area contributed by atoms with Crippen molar-refractivity contribution in [3.8, 4) is 0 Å². The van der Waals surface area contributed by atoms with Crippen LogP contribution in [0, 0.1) is 0 Å². The smallest absolute Gasteiger partial charge is 0.258 e. The van der Waals surface area contributed by atoms with Crippen molar-refractivity contribution in [1.82, 2.24) is 14.7 Å². The fraction of sp³-hybridized carbons (Fsp3) is 0.143. The summed E-state index contributed by atoms with van der Waals surface area (Å²) in [5.41, 5.74) is 2.55. The lowest BCUT2D eigenvalue weighted by Gasteiger charge is -2.16. The molecule has 26 heavy (non-hydrogen) atoms. The van der Waals surface area contributed by atoms with E-state index >= 15 is 0 Å². The summed E-state index contributed by atoms with van der Waals surface area (Å²) in [6.45, 7) is 2.67. The summed E-state index contributed by atoms with van der Waals surface area (Å²) in [6.07, 6.45) is 1.74. The summed E-state index contributed by atoms with van der Waals surface area (Å²) in [6, 6.07) is 20.2. The first-order valence-corrected chi connectivity index (χ1v) is 9.30. The summed E-state index contributed by atoms with van der Waals surface area (Å²) in [5.74, 6) is 0. The predicted octanol–water partition coefficient (Wildman–Crippen LogP) is 4.46. The Hall–Kier alpha value is -2.50. The monoisotopic (exact) mass is 407 g/mol. The average Bonchev–Trinajstić information content (AvgIpc) is 2.66. The molecule has 0 aliphatic carbocycles. The van der Waals surface area contributed by atoms with Crippen molar-refractivity contribution in [2.24, 2.45) is 0 Å². The van der Waals surface area contributed by atoms with E-state index in [0.29, 0.717) is 12.2 Å². The molecule has 4 nitrogen and oxygen atoms in total. The molecule has 2 aromatic heterocycles. The highest BCUT2D eigenvalue weighted by atomic mass is 79.9. The highest BCUT2D eigenvalue weighted by Crippen LogP contribution is 2.24. The molecule has 0 bridgehead atoms. The Labute approximate surface area is 159 Å². The zero-order chi connectivity index (χ0) is 18.1. The fourth-order valence-corrected chi connectivity index (χ4v) is 3.55. The number of nitrogens with zero attached hydrogens (tertiary/aromatic N) is 2. The maximum Gasteiger partial charge on any atom is 0.258 e. The fourth-order valence-electron chi connectivity index (χ4n) is 3.21. The van der Waals surface area contributed by atoms with Gasteiger partial charge in [-0.25, -0.2) is 4.98 Å². The summed E-state index contributed by atoms with van der Waals surface area (Å²) in [7, 11) is 0. The van der Waals surface area contributed by atoms with Gasteiger partial charge in [-0.2, -0.15) is 0 Å². The number of hydrogen-bond donors (Lipinski definition) is 1. The second kappa shape index (κ2) is 7.02. The molecular formula is C21H18BrN3O. The van der Waals surface area contributed by atoms with Crippen LogP contribution in [0.4, 0.5) is 0 Å². The highest BCUT2D eigenvalue weighted by molar-refractivity contribution is 9.10. The number of halogens is 1. The average molecular weight is 408 g/mol.